The van der Waals surface area contributed by atoms with Gasteiger partial charge in [0.05, 0.1) is 11.4 Å². The number of aliphatic hydroxyl groups is 1. The quantitative estimate of drug-likeness (QED) is 0.780. The number of aliphatic hydroxyl groups excluding tert-OH is 1. The highest BCUT2D eigenvalue weighted by Crippen LogP contribution is 2.29. The highest BCUT2D eigenvalue weighted by atomic mass is 79.9. The van der Waals surface area contributed by atoms with E-state index in [-0.39, 0.29) is 0 Å². The number of para-hydroxylation sites is 1. The molecule has 0 spiro atoms. The summed E-state index contributed by atoms with van der Waals surface area (Å²) in [4.78, 5) is 0. The normalized spacial score (nSPS) is 12.3. The molecular formula is C17H15BrN2O. The maximum atomic E-state index is 10.7. The van der Waals surface area contributed by atoms with E-state index in [4.69, 9.17) is 0 Å². The lowest BCUT2D eigenvalue weighted by molar-refractivity contribution is 0.211. The zero-order chi connectivity index (χ0) is 14.8. The highest BCUT2D eigenvalue weighted by molar-refractivity contribution is 9.10. The van der Waals surface area contributed by atoms with Gasteiger partial charge >= 0.3 is 0 Å². The van der Waals surface area contributed by atoms with Gasteiger partial charge < -0.3 is 5.11 Å². The molecule has 1 N–H and O–H groups in total. The van der Waals surface area contributed by atoms with Gasteiger partial charge in [-0.05, 0) is 42.3 Å². The molecule has 3 rings (SSSR count). The largest absolute Gasteiger partial charge is 0.382 e. The van der Waals surface area contributed by atoms with E-state index in [1.54, 1.807) is 10.9 Å². The first-order chi connectivity index (χ1) is 10.2. The second-order valence-electron chi connectivity index (χ2n) is 4.86. The fourth-order valence-corrected chi connectivity index (χ4v) is 2.77. The van der Waals surface area contributed by atoms with Crippen molar-refractivity contribution in [3.8, 4) is 5.69 Å². The Bertz CT molecular complexity index is 752. The Morgan fingerprint density at radius 3 is 2.57 bits per heavy atom. The van der Waals surface area contributed by atoms with Crippen LogP contribution >= 0.6 is 15.9 Å². The molecule has 3 nitrogen and oxygen atoms in total. The lowest BCUT2D eigenvalue weighted by Gasteiger charge is -2.16. The topological polar surface area (TPSA) is 38.1 Å². The van der Waals surface area contributed by atoms with Gasteiger partial charge in [-0.15, -0.1) is 0 Å². The Labute approximate surface area is 132 Å². The summed E-state index contributed by atoms with van der Waals surface area (Å²) in [5, 5.41) is 15.1. The number of rotatable bonds is 3. The van der Waals surface area contributed by atoms with Gasteiger partial charge in [-0.25, -0.2) is 4.68 Å². The minimum Gasteiger partial charge on any atom is -0.382 e. The second-order valence-corrected chi connectivity index (χ2v) is 5.71. The average Bonchev–Trinajstić information content (AvgIpc) is 3.00. The molecule has 4 heteroatoms. The number of aromatic nitrogens is 2. The van der Waals surface area contributed by atoms with Crippen molar-refractivity contribution in [1.29, 1.82) is 0 Å². The van der Waals surface area contributed by atoms with Crippen LogP contribution in [0.4, 0.5) is 0 Å². The Morgan fingerprint density at radius 1 is 1.05 bits per heavy atom. The van der Waals surface area contributed by atoms with Crippen LogP contribution < -0.4 is 0 Å². The molecule has 1 atom stereocenters. The lowest BCUT2D eigenvalue weighted by Crippen LogP contribution is -2.09. The maximum Gasteiger partial charge on any atom is 0.121 e. The Kier molecular flexibility index (Phi) is 3.90. The van der Waals surface area contributed by atoms with Crippen LogP contribution in [-0.2, 0) is 0 Å². The van der Waals surface area contributed by atoms with Gasteiger partial charge in [0.15, 0.2) is 0 Å². The summed E-state index contributed by atoms with van der Waals surface area (Å²) in [6.45, 7) is 1.99. The molecule has 1 aromatic heterocycles. The van der Waals surface area contributed by atoms with E-state index < -0.39 is 6.10 Å². The fraction of sp³-hybridized carbons (Fsp3) is 0.118. The van der Waals surface area contributed by atoms with Gasteiger partial charge in [0.2, 0.25) is 0 Å². The molecule has 0 bridgehead atoms. The van der Waals surface area contributed by atoms with E-state index >= 15 is 0 Å². The molecule has 106 valence electrons. The number of halogens is 1. The van der Waals surface area contributed by atoms with Gasteiger partial charge in [-0.2, -0.15) is 5.10 Å². The Morgan fingerprint density at radius 2 is 1.81 bits per heavy atom. The second kappa shape index (κ2) is 5.84. The molecule has 0 aliphatic rings. The third kappa shape index (κ3) is 2.64. The Hall–Kier alpha value is -1.91. The molecule has 0 amide bonds. The summed E-state index contributed by atoms with van der Waals surface area (Å²) < 4.78 is 2.76. The number of hydrogen-bond donors (Lipinski definition) is 1. The summed E-state index contributed by atoms with van der Waals surface area (Å²) in [5.74, 6) is 0. The molecule has 0 aliphatic carbocycles. The molecule has 3 aromatic rings. The minimum atomic E-state index is -0.717. The molecule has 0 fully saturated rings. The monoisotopic (exact) mass is 342 g/mol. The molecular weight excluding hydrogens is 328 g/mol. The zero-order valence-electron chi connectivity index (χ0n) is 11.6. The smallest absolute Gasteiger partial charge is 0.121 e. The number of nitrogens with zero attached hydrogens (tertiary/aromatic N) is 2. The van der Waals surface area contributed by atoms with Crippen molar-refractivity contribution >= 4 is 15.9 Å². The van der Waals surface area contributed by atoms with E-state index in [1.807, 2.05) is 61.5 Å². The zero-order valence-corrected chi connectivity index (χ0v) is 13.2. The fourth-order valence-electron chi connectivity index (χ4n) is 2.39. The predicted molar refractivity (Wildman–Crippen MR) is 86.5 cm³/mol. The summed E-state index contributed by atoms with van der Waals surface area (Å²) in [6.07, 6.45) is 0.990. The minimum absolute atomic E-state index is 0.717. The van der Waals surface area contributed by atoms with Crippen molar-refractivity contribution in [1.82, 2.24) is 9.78 Å². The molecule has 0 saturated carbocycles. The van der Waals surface area contributed by atoms with Gasteiger partial charge in [-0.3, -0.25) is 0 Å². The van der Waals surface area contributed by atoms with Crippen molar-refractivity contribution in [3.63, 3.8) is 0 Å². The molecule has 0 aliphatic heterocycles. The Balaban J connectivity index is 2.06. The summed E-state index contributed by atoms with van der Waals surface area (Å²) in [7, 11) is 0. The van der Waals surface area contributed by atoms with Gasteiger partial charge in [0.1, 0.15) is 6.10 Å². The molecule has 21 heavy (non-hydrogen) atoms. The van der Waals surface area contributed by atoms with Crippen molar-refractivity contribution in [3.05, 3.63) is 82.1 Å². The van der Waals surface area contributed by atoms with Crippen LogP contribution in [-0.4, -0.2) is 14.9 Å². The van der Waals surface area contributed by atoms with Crippen molar-refractivity contribution in [2.45, 2.75) is 13.0 Å². The standard InChI is InChI=1S/C17H15BrN2O/c1-12-14(8-5-9-15(12)18)17(21)16-10-11-19-20(16)13-6-3-2-4-7-13/h2-11,17,21H,1H3. The number of benzene rings is 2. The van der Waals surface area contributed by atoms with Gasteiger partial charge in [-0.1, -0.05) is 46.3 Å². The van der Waals surface area contributed by atoms with Crippen LogP contribution in [0.2, 0.25) is 0 Å². The van der Waals surface area contributed by atoms with Crippen molar-refractivity contribution < 1.29 is 5.11 Å². The van der Waals surface area contributed by atoms with E-state index in [1.165, 1.54) is 0 Å². The van der Waals surface area contributed by atoms with E-state index in [2.05, 4.69) is 21.0 Å². The highest BCUT2D eigenvalue weighted by Gasteiger charge is 2.18. The van der Waals surface area contributed by atoms with E-state index in [0.717, 1.165) is 27.0 Å². The van der Waals surface area contributed by atoms with Crippen molar-refractivity contribution in [2.24, 2.45) is 0 Å². The van der Waals surface area contributed by atoms with Crippen LogP contribution in [0.3, 0.4) is 0 Å². The molecule has 2 aromatic carbocycles. The molecule has 1 heterocycles. The summed E-state index contributed by atoms with van der Waals surface area (Å²) >= 11 is 3.51. The SMILES string of the molecule is Cc1c(Br)cccc1C(O)c1ccnn1-c1ccccc1. The van der Waals surface area contributed by atoms with Crippen LogP contribution in [0.25, 0.3) is 5.69 Å². The number of hydrogen-bond acceptors (Lipinski definition) is 2. The van der Waals surface area contributed by atoms with Gasteiger partial charge in [0, 0.05) is 10.7 Å². The summed E-state index contributed by atoms with van der Waals surface area (Å²) in [6, 6.07) is 17.5. The van der Waals surface area contributed by atoms with Crippen LogP contribution in [0.15, 0.2) is 65.3 Å². The van der Waals surface area contributed by atoms with E-state index in [0.29, 0.717) is 0 Å². The maximum absolute atomic E-state index is 10.7. The van der Waals surface area contributed by atoms with E-state index in [9.17, 15) is 5.11 Å². The first-order valence-electron chi connectivity index (χ1n) is 6.71. The average molecular weight is 343 g/mol. The lowest BCUT2D eigenvalue weighted by atomic mass is 10.0. The van der Waals surface area contributed by atoms with Crippen LogP contribution in [0, 0.1) is 6.92 Å². The summed E-state index contributed by atoms with van der Waals surface area (Å²) in [5.41, 5.74) is 3.60. The predicted octanol–water partition coefficient (Wildman–Crippen LogP) is 4.02. The van der Waals surface area contributed by atoms with Crippen LogP contribution in [0.5, 0.6) is 0 Å². The molecule has 0 radical (unpaired) electrons. The first-order valence-corrected chi connectivity index (χ1v) is 7.50. The third-order valence-electron chi connectivity index (χ3n) is 3.56. The van der Waals surface area contributed by atoms with Gasteiger partial charge in [0.25, 0.3) is 0 Å². The molecule has 0 saturated heterocycles. The van der Waals surface area contributed by atoms with Crippen molar-refractivity contribution in [2.75, 3.05) is 0 Å². The molecule has 1 unspecified atom stereocenters. The van der Waals surface area contributed by atoms with Crippen LogP contribution in [0.1, 0.15) is 22.9 Å². The first kappa shape index (κ1) is 14.0. The third-order valence-corrected chi connectivity index (χ3v) is 4.42.